The fourth-order valence-corrected chi connectivity index (χ4v) is 2.09. The summed E-state index contributed by atoms with van der Waals surface area (Å²) in [6.45, 7) is 0. The van der Waals surface area contributed by atoms with Gasteiger partial charge in [0.15, 0.2) is 5.75 Å². The van der Waals surface area contributed by atoms with Gasteiger partial charge in [-0.05, 0) is 24.3 Å². The number of urea groups is 1. The summed E-state index contributed by atoms with van der Waals surface area (Å²) in [6, 6.07) is 6.22. The van der Waals surface area contributed by atoms with Crippen LogP contribution < -0.4 is 9.62 Å². The maximum Gasteiger partial charge on any atom is 0.418 e. The van der Waals surface area contributed by atoms with Crippen molar-refractivity contribution >= 4 is 35.9 Å². The van der Waals surface area contributed by atoms with Gasteiger partial charge in [0.1, 0.15) is 0 Å². The van der Waals surface area contributed by atoms with Gasteiger partial charge in [-0.2, -0.15) is 13.2 Å². The van der Waals surface area contributed by atoms with Crippen LogP contribution in [-0.4, -0.2) is 16.1 Å². The molecule has 11 heteroatoms. The highest BCUT2D eigenvalue weighted by molar-refractivity contribution is 7.82. The van der Waals surface area contributed by atoms with Gasteiger partial charge < -0.3 is 10.4 Å². The second-order valence-corrected chi connectivity index (χ2v) is 5.12. The Balaban J connectivity index is 2.28. The fourth-order valence-electron chi connectivity index (χ4n) is 1.91. The number of alkyl halides is 3. The number of amides is 2. The Kier molecular flexibility index (Phi) is 5.07. The van der Waals surface area contributed by atoms with Crippen molar-refractivity contribution in [3.63, 3.8) is 0 Å². The molecule has 7 nitrogen and oxygen atoms in total. The highest BCUT2D eigenvalue weighted by Gasteiger charge is 2.34. The summed E-state index contributed by atoms with van der Waals surface area (Å²) in [5.41, 5.74) is -2.34. The van der Waals surface area contributed by atoms with E-state index in [1.165, 1.54) is 12.1 Å². The standard InChI is InChI=1S/C14H10F3N3O4S/c15-14(16,17)9-3-1-2-4-10(9)18-13(22)19(25)8-5-6-12(21)11(7-8)20(23)24/h1-7,21,25H,(H,18,22). The molecule has 0 aromatic heterocycles. The molecule has 0 aliphatic rings. The molecular formula is C14H10F3N3O4S. The number of thiol groups is 1. The quantitative estimate of drug-likeness (QED) is 0.427. The third-order valence-corrected chi connectivity index (χ3v) is 3.48. The van der Waals surface area contributed by atoms with E-state index >= 15 is 0 Å². The molecule has 0 aliphatic heterocycles. The number of benzene rings is 2. The molecular weight excluding hydrogens is 363 g/mol. The van der Waals surface area contributed by atoms with Crippen LogP contribution in [0.3, 0.4) is 0 Å². The topological polar surface area (TPSA) is 95.7 Å². The molecule has 2 aromatic rings. The molecule has 2 amide bonds. The number of rotatable bonds is 3. The maximum atomic E-state index is 12.9. The van der Waals surface area contributed by atoms with Crippen LogP contribution in [0.15, 0.2) is 42.5 Å². The smallest absolute Gasteiger partial charge is 0.418 e. The number of phenols is 1. The number of phenolic OH excluding ortho intramolecular Hbond substituents is 1. The Bertz CT molecular complexity index is 829. The number of para-hydroxylation sites is 1. The van der Waals surface area contributed by atoms with Crippen molar-refractivity contribution in [2.45, 2.75) is 6.18 Å². The summed E-state index contributed by atoms with van der Waals surface area (Å²) in [5.74, 6) is -0.627. The largest absolute Gasteiger partial charge is 0.502 e. The number of carbonyl (C=O) groups excluding carboxylic acids is 1. The molecule has 0 saturated carbocycles. The van der Waals surface area contributed by atoms with Gasteiger partial charge in [-0.1, -0.05) is 24.9 Å². The molecule has 0 saturated heterocycles. The summed E-state index contributed by atoms with van der Waals surface area (Å²) in [4.78, 5) is 22.0. The van der Waals surface area contributed by atoms with Gasteiger partial charge in [0.25, 0.3) is 0 Å². The molecule has 0 radical (unpaired) electrons. The van der Waals surface area contributed by atoms with E-state index in [1.54, 1.807) is 0 Å². The number of nitrogens with one attached hydrogen (secondary N) is 1. The van der Waals surface area contributed by atoms with E-state index in [-0.39, 0.29) is 5.69 Å². The molecule has 25 heavy (non-hydrogen) atoms. The molecule has 2 N–H and O–H groups in total. The lowest BCUT2D eigenvalue weighted by Gasteiger charge is -2.19. The average molecular weight is 373 g/mol. The van der Waals surface area contributed by atoms with Crippen LogP contribution in [0.4, 0.5) is 35.0 Å². The van der Waals surface area contributed by atoms with E-state index in [0.717, 1.165) is 30.3 Å². The second kappa shape index (κ2) is 6.89. The Labute approximate surface area is 144 Å². The van der Waals surface area contributed by atoms with Gasteiger partial charge in [0.2, 0.25) is 0 Å². The monoisotopic (exact) mass is 373 g/mol. The minimum atomic E-state index is -4.68. The number of hydrogen-bond donors (Lipinski definition) is 3. The zero-order valence-electron chi connectivity index (χ0n) is 12.2. The minimum absolute atomic E-state index is 0.116. The number of halogens is 3. The molecule has 0 heterocycles. The minimum Gasteiger partial charge on any atom is -0.502 e. The molecule has 0 aliphatic carbocycles. The number of anilines is 2. The maximum absolute atomic E-state index is 12.9. The van der Waals surface area contributed by atoms with Crippen LogP contribution >= 0.6 is 12.8 Å². The normalized spacial score (nSPS) is 11.0. The highest BCUT2D eigenvalue weighted by atomic mass is 32.1. The zero-order valence-corrected chi connectivity index (χ0v) is 13.1. The summed E-state index contributed by atoms with van der Waals surface area (Å²) < 4.78 is 39.3. The van der Waals surface area contributed by atoms with Crippen LogP contribution in [-0.2, 0) is 6.18 Å². The average Bonchev–Trinajstić information content (AvgIpc) is 2.53. The summed E-state index contributed by atoms with van der Waals surface area (Å²) >= 11 is 3.84. The first-order chi connectivity index (χ1) is 11.6. The van der Waals surface area contributed by atoms with Crippen molar-refractivity contribution in [2.75, 3.05) is 9.62 Å². The van der Waals surface area contributed by atoms with Gasteiger partial charge in [0.05, 0.1) is 21.9 Å². The van der Waals surface area contributed by atoms with Crippen LogP contribution in [0.1, 0.15) is 5.56 Å². The molecule has 2 aromatic carbocycles. The van der Waals surface area contributed by atoms with Gasteiger partial charge in [-0.15, -0.1) is 0 Å². The zero-order chi connectivity index (χ0) is 18.8. The lowest BCUT2D eigenvalue weighted by molar-refractivity contribution is -0.385. The van der Waals surface area contributed by atoms with Gasteiger partial charge in [-0.25, -0.2) is 9.10 Å². The Morgan fingerprint density at radius 3 is 2.48 bits per heavy atom. The number of nitrogens with zero attached hydrogens (tertiary/aromatic N) is 2. The summed E-state index contributed by atoms with van der Waals surface area (Å²) in [6.07, 6.45) is -4.68. The summed E-state index contributed by atoms with van der Waals surface area (Å²) in [7, 11) is 0. The second-order valence-electron chi connectivity index (χ2n) is 4.72. The molecule has 0 bridgehead atoms. The van der Waals surface area contributed by atoms with Crippen LogP contribution in [0.5, 0.6) is 5.75 Å². The predicted octanol–water partition coefficient (Wildman–Crippen LogP) is 4.20. The van der Waals surface area contributed by atoms with E-state index < -0.39 is 39.8 Å². The van der Waals surface area contributed by atoms with E-state index in [4.69, 9.17) is 0 Å². The third-order valence-electron chi connectivity index (χ3n) is 3.07. The van der Waals surface area contributed by atoms with Gasteiger partial charge >= 0.3 is 17.9 Å². The molecule has 0 fully saturated rings. The fraction of sp³-hybridized carbons (Fsp3) is 0.0714. The van der Waals surface area contributed by atoms with E-state index in [1.807, 2.05) is 5.32 Å². The van der Waals surface area contributed by atoms with E-state index in [2.05, 4.69) is 12.8 Å². The Hall–Kier alpha value is -2.95. The molecule has 132 valence electrons. The summed E-state index contributed by atoms with van der Waals surface area (Å²) in [5, 5.41) is 22.2. The Morgan fingerprint density at radius 1 is 1.24 bits per heavy atom. The first-order valence-corrected chi connectivity index (χ1v) is 6.95. The predicted molar refractivity (Wildman–Crippen MR) is 86.7 cm³/mol. The molecule has 0 atom stereocenters. The van der Waals surface area contributed by atoms with E-state index in [0.29, 0.717) is 4.31 Å². The molecule has 0 spiro atoms. The SMILES string of the molecule is O=C(Nc1ccccc1C(F)(F)F)N(S)c1ccc(O)c([N+](=O)[O-])c1. The number of aromatic hydroxyl groups is 1. The first-order valence-electron chi connectivity index (χ1n) is 6.55. The molecule has 0 unspecified atom stereocenters. The highest BCUT2D eigenvalue weighted by Crippen LogP contribution is 2.35. The number of nitro groups is 1. The third kappa shape index (κ3) is 4.12. The number of hydrogen-bond acceptors (Lipinski definition) is 5. The van der Waals surface area contributed by atoms with Crippen molar-refractivity contribution in [2.24, 2.45) is 0 Å². The number of nitro benzene ring substituents is 1. The van der Waals surface area contributed by atoms with E-state index in [9.17, 15) is 33.2 Å². The van der Waals surface area contributed by atoms with Crippen molar-refractivity contribution in [1.29, 1.82) is 0 Å². The molecule has 2 rings (SSSR count). The van der Waals surface area contributed by atoms with Crippen LogP contribution in [0.2, 0.25) is 0 Å². The van der Waals surface area contributed by atoms with Gasteiger partial charge in [-0.3, -0.25) is 10.1 Å². The number of carbonyl (C=O) groups is 1. The van der Waals surface area contributed by atoms with Crippen molar-refractivity contribution in [3.8, 4) is 5.75 Å². The van der Waals surface area contributed by atoms with Crippen molar-refractivity contribution in [1.82, 2.24) is 0 Å². The first kappa shape index (κ1) is 18.4. The van der Waals surface area contributed by atoms with Crippen molar-refractivity contribution < 1.29 is 28.0 Å². The lowest BCUT2D eigenvalue weighted by atomic mass is 10.1. The van der Waals surface area contributed by atoms with Gasteiger partial charge in [0, 0.05) is 6.07 Å². The van der Waals surface area contributed by atoms with Crippen molar-refractivity contribution in [3.05, 3.63) is 58.1 Å². The van der Waals surface area contributed by atoms with Crippen LogP contribution in [0, 0.1) is 10.1 Å². The lowest BCUT2D eigenvalue weighted by Crippen LogP contribution is -2.28. The van der Waals surface area contributed by atoms with Crippen LogP contribution in [0.25, 0.3) is 0 Å². The Morgan fingerprint density at radius 2 is 1.88 bits per heavy atom.